The van der Waals surface area contributed by atoms with Crippen molar-refractivity contribution < 1.29 is 43.8 Å². The fourth-order valence-electron chi connectivity index (χ4n) is 4.26. The lowest BCUT2D eigenvalue weighted by molar-refractivity contribution is -0.131. The zero-order chi connectivity index (χ0) is 42.2. The normalized spacial score (nSPS) is 12.0. The molecule has 0 aromatic rings. The number of unbranched alkanes of at least 4 members (excludes halogenated alkanes) is 8. The molecule has 4 unspecified atom stereocenters. The van der Waals surface area contributed by atoms with Crippen molar-refractivity contribution >= 4 is 40.5 Å². The van der Waals surface area contributed by atoms with Crippen LogP contribution in [-0.4, -0.2) is 62.9 Å². The molecule has 4 atom stereocenters. The molecule has 0 aliphatic rings. The summed E-state index contributed by atoms with van der Waals surface area (Å²) in [4.78, 5) is 75.5. The van der Waals surface area contributed by atoms with Crippen LogP contribution in [0.25, 0.3) is 0 Å². The van der Waals surface area contributed by atoms with Crippen LogP contribution in [0, 0.1) is 11.8 Å². The van der Waals surface area contributed by atoms with Gasteiger partial charge in [-0.15, -0.1) is 0 Å². The quantitative estimate of drug-likeness (QED) is 0.0611. The Kier molecular flexibility index (Phi) is 55.0. The van der Waals surface area contributed by atoms with Gasteiger partial charge in [-0.25, -0.2) is 0 Å². The van der Waals surface area contributed by atoms with Gasteiger partial charge >= 0.3 is 0 Å². The number of rotatable bonds is 27. The molecule has 0 bridgehead atoms. The topological polar surface area (TPSA) is 160 Å². The summed E-state index contributed by atoms with van der Waals surface area (Å²) in [5, 5.41) is 18.9. The van der Waals surface area contributed by atoms with Crippen molar-refractivity contribution in [3.05, 3.63) is 0 Å². The Hall–Kier alpha value is -2.39. The van der Waals surface area contributed by atoms with Crippen molar-refractivity contribution in [3.8, 4) is 0 Å². The van der Waals surface area contributed by atoms with Crippen LogP contribution >= 0.6 is 0 Å². The molecule has 0 heterocycles. The molecule has 9 nitrogen and oxygen atoms in total. The van der Waals surface area contributed by atoms with Crippen molar-refractivity contribution in [3.63, 3.8) is 0 Å². The molecule has 0 aromatic heterocycles. The molecule has 0 aliphatic carbocycles. The molecular weight excluding hydrogens is 684 g/mol. The van der Waals surface area contributed by atoms with E-state index in [-0.39, 0.29) is 66.2 Å². The summed E-state index contributed by atoms with van der Waals surface area (Å²) in [5.74, 6) is 0.172. The Morgan fingerprint density at radius 2 is 0.907 bits per heavy atom. The van der Waals surface area contributed by atoms with Crippen LogP contribution in [-0.2, 0) is 33.6 Å². The molecule has 0 saturated carbocycles. The number of carbonyl (C=O) groups is 7. The van der Waals surface area contributed by atoms with E-state index in [2.05, 4.69) is 27.7 Å². The van der Waals surface area contributed by atoms with Gasteiger partial charge in [0.25, 0.3) is 0 Å². The minimum Gasteiger partial charge on any atom is -0.393 e. The maximum Gasteiger partial charge on any atom is 0.143 e. The maximum atomic E-state index is 11.2. The van der Waals surface area contributed by atoms with E-state index in [1.54, 1.807) is 27.7 Å². The number of aliphatic hydroxyl groups is 2. The van der Waals surface area contributed by atoms with Crippen LogP contribution in [0.4, 0.5) is 0 Å². The summed E-state index contributed by atoms with van der Waals surface area (Å²) in [5.41, 5.74) is 0. The molecular formula is C45H88O9. The van der Waals surface area contributed by atoms with E-state index in [1.807, 2.05) is 13.8 Å². The van der Waals surface area contributed by atoms with Gasteiger partial charge < -0.3 is 15.0 Å². The van der Waals surface area contributed by atoms with Crippen molar-refractivity contribution in [2.75, 3.05) is 0 Å². The molecule has 54 heavy (non-hydrogen) atoms. The van der Waals surface area contributed by atoms with Gasteiger partial charge in [-0.1, -0.05) is 127 Å². The number of carbonyl (C=O) groups excluding carboxylic acids is 7. The average Bonchev–Trinajstić information content (AvgIpc) is 3.12. The first-order chi connectivity index (χ1) is 24.9. The summed E-state index contributed by atoms with van der Waals surface area (Å²) in [6.07, 6.45) is 17.0. The Labute approximate surface area is 333 Å². The largest absolute Gasteiger partial charge is 0.393 e. The highest BCUT2D eigenvalue weighted by molar-refractivity contribution is 6.00. The third-order valence-electron chi connectivity index (χ3n) is 8.79. The minimum absolute atomic E-state index is 0. The van der Waals surface area contributed by atoms with E-state index in [0.717, 1.165) is 89.9 Å². The standard InChI is InChI=1S/C10H20O2.C10H18O2.C10H20O2.C10H18O2.C4H8O.CH4/c2*1-4-5-6-7-10(12)8(2)9(3)11;2*1-3-5-6-7-10(12)8-9(11)4-2;1-3-4(2)5;/h8,10,12H,4-7H2,1-3H3;8H,4-7H2,1-3H3;10,12H,3-8H2,1-2H3;3-8H2,1-2H3;3H2,1-2H3;1H4. The van der Waals surface area contributed by atoms with Gasteiger partial charge in [-0.2, -0.15) is 0 Å². The zero-order valence-corrected chi connectivity index (χ0v) is 36.4. The van der Waals surface area contributed by atoms with Crippen LogP contribution in [0.3, 0.4) is 0 Å². The molecule has 2 N–H and O–H groups in total. The Bertz CT molecular complexity index is 937. The van der Waals surface area contributed by atoms with Crippen molar-refractivity contribution in [2.45, 2.75) is 238 Å². The van der Waals surface area contributed by atoms with Crippen LogP contribution in [0.2, 0.25) is 0 Å². The summed E-state index contributed by atoms with van der Waals surface area (Å²) >= 11 is 0. The van der Waals surface area contributed by atoms with E-state index in [1.165, 1.54) is 13.8 Å². The van der Waals surface area contributed by atoms with Gasteiger partial charge in [0.05, 0.1) is 24.5 Å². The SMILES string of the molecule is C.CCC(C)=O.CCCCCC(=O)C(C)C(C)=O.CCCCCC(=O)CC(=O)CC.CCCCCC(O)C(C)C(C)=O.CCCCCC(O)CC(=O)CC. The van der Waals surface area contributed by atoms with Gasteiger partial charge in [0.15, 0.2) is 0 Å². The Morgan fingerprint density at radius 3 is 1.28 bits per heavy atom. The number of hydrogen-bond acceptors (Lipinski definition) is 9. The molecule has 0 amide bonds. The molecule has 9 heteroatoms. The summed E-state index contributed by atoms with van der Waals surface area (Å²) in [6, 6.07) is 0. The highest BCUT2D eigenvalue weighted by Crippen LogP contribution is 2.12. The molecule has 0 spiro atoms. The predicted molar refractivity (Wildman–Crippen MR) is 226 cm³/mol. The van der Waals surface area contributed by atoms with E-state index in [0.29, 0.717) is 38.5 Å². The fraction of sp³-hybridized carbons (Fsp3) is 0.844. The van der Waals surface area contributed by atoms with Crippen LogP contribution in [0.15, 0.2) is 0 Å². The van der Waals surface area contributed by atoms with Crippen molar-refractivity contribution in [1.82, 2.24) is 0 Å². The first-order valence-electron chi connectivity index (χ1n) is 20.8. The number of hydrogen-bond donors (Lipinski definition) is 2. The molecule has 0 rings (SSSR count). The van der Waals surface area contributed by atoms with E-state index in [9.17, 15) is 43.8 Å². The summed E-state index contributed by atoms with van der Waals surface area (Å²) < 4.78 is 0. The van der Waals surface area contributed by atoms with Crippen LogP contribution in [0.5, 0.6) is 0 Å². The fourth-order valence-corrected chi connectivity index (χ4v) is 4.26. The molecule has 0 aliphatic heterocycles. The second kappa shape index (κ2) is 46.8. The van der Waals surface area contributed by atoms with Gasteiger partial charge in [-0.3, -0.25) is 28.8 Å². The zero-order valence-electron chi connectivity index (χ0n) is 36.4. The molecule has 0 radical (unpaired) electrons. The third kappa shape index (κ3) is 51.7. The smallest absolute Gasteiger partial charge is 0.143 e. The lowest BCUT2D eigenvalue weighted by atomic mass is 9.96. The predicted octanol–water partition coefficient (Wildman–Crippen LogP) is 10.9. The van der Waals surface area contributed by atoms with E-state index >= 15 is 0 Å². The van der Waals surface area contributed by atoms with Crippen LogP contribution < -0.4 is 0 Å². The first-order valence-corrected chi connectivity index (χ1v) is 20.8. The average molecular weight is 773 g/mol. The number of Topliss-reactive ketones (excluding diaryl/α,β-unsaturated/α-hetero) is 7. The number of aliphatic hydroxyl groups excluding tert-OH is 2. The monoisotopic (exact) mass is 773 g/mol. The number of ketones is 7. The highest BCUT2D eigenvalue weighted by Gasteiger charge is 2.17. The van der Waals surface area contributed by atoms with Crippen LogP contribution in [0.1, 0.15) is 225 Å². The third-order valence-corrected chi connectivity index (χ3v) is 8.79. The Morgan fingerprint density at radius 1 is 0.500 bits per heavy atom. The second-order valence-electron chi connectivity index (χ2n) is 14.1. The maximum absolute atomic E-state index is 11.2. The minimum atomic E-state index is -0.436. The highest BCUT2D eigenvalue weighted by atomic mass is 16.3. The van der Waals surface area contributed by atoms with E-state index < -0.39 is 12.2 Å². The van der Waals surface area contributed by atoms with E-state index in [4.69, 9.17) is 0 Å². The van der Waals surface area contributed by atoms with Gasteiger partial charge in [0.1, 0.15) is 40.5 Å². The lowest BCUT2D eigenvalue weighted by Gasteiger charge is -2.15. The molecule has 0 fully saturated rings. The molecule has 322 valence electrons. The molecule has 0 aromatic carbocycles. The first kappa shape index (κ1) is 63.5. The van der Waals surface area contributed by atoms with Crippen molar-refractivity contribution in [2.24, 2.45) is 11.8 Å². The van der Waals surface area contributed by atoms with Gasteiger partial charge in [0.2, 0.25) is 0 Å². The van der Waals surface area contributed by atoms with Gasteiger partial charge in [-0.05, 0) is 53.4 Å². The summed E-state index contributed by atoms with van der Waals surface area (Å²) in [7, 11) is 0. The second-order valence-corrected chi connectivity index (χ2v) is 14.1. The van der Waals surface area contributed by atoms with Gasteiger partial charge in [0, 0.05) is 44.4 Å². The molecule has 0 saturated heterocycles. The summed E-state index contributed by atoms with van der Waals surface area (Å²) in [6.45, 7) is 22.0. The van der Waals surface area contributed by atoms with Crippen molar-refractivity contribution in [1.29, 1.82) is 0 Å². The Balaban J connectivity index is -0.000000136. The lowest BCUT2D eigenvalue weighted by Crippen LogP contribution is -2.23.